The van der Waals surface area contributed by atoms with Crippen molar-refractivity contribution in [3.8, 4) is 0 Å². The molecule has 0 aromatic carbocycles. The van der Waals surface area contributed by atoms with Crippen molar-refractivity contribution in [1.82, 2.24) is 0 Å². The van der Waals surface area contributed by atoms with Crippen molar-refractivity contribution in [2.24, 2.45) is 0 Å². The molecule has 0 saturated heterocycles. The third-order valence-electron chi connectivity index (χ3n) is 2.09. The van der Waals surface area contributed by atoms with Crippen LogP contribution in [0.3, 0.4) is 0 Å². The van der Waals surface area contributed by atoms with Gasteiger partial charge in [0.05, 0.1) is 0 Å². The first kappa shape index (κ1) is 18.3. The van der Waals surface area contributed by atoms with Gasteiger partial charge in [-0.3, -0.25) is 4.79 Å². The number of hydrogen-bond donors (Lipinski definition) is 2. The maximum atomic E-state index is 9.37. The summed E-state index contributed by atoms with van der Waals surface area (Å²) in [7, 11) is 0. The van der Waals surface area contributed by atoms with E-state index in [9.17, 15) is 4.79 Å². The van der Waals surface area contributed by atoms with E-state index in [1.54, 1.807) is 6.92 Å². The molecule has 0 aromatic heterocycles. The quantitative estimate of drug-likeness (QED) is 0.505. The van der Waals surface area contributed by atoms with E-state index in [-0.39, 0.29) is 6.42 Å². The highest BCUT2D eigenvalue weighted by atomic mass is 79.9. The first-order valence-corrected chi connectivity index (χ1v) is 7.19. The Kier molecular flexibility index (Phi) is 19.8. The highest BCUT2D eigenvalue weighted by Gasteiger charge is 1.89. The maximum Gasteiger partial charge on any atom is 0.303 e. The Hall–Kier alpha value is -0.0900. The molecule has 0 saturated carbocycles. The molecule has 4 heteroatoms. The highest BCUT2D eigenvalue weighted by Crippen LogP contribution is 2.07. The Labute approximate surface area is 107 Å². The number of aliphatic carboxylic acids is 1. The summed E-state index contributed by atoms with van der Waals surface area (Å²) in [6.45, 7) is 1.96. The number of alkyl halides is 1. The van der Waals surface area contributed by atoms with Gasteiger partial charge in [-0.15, -0.1) is 0 Å². The van der Waals surface area contributed by atoms with Crippen LogP contribution < -0.4 is 0 Å². The molecule has 0 unspecified atom stereocenters. The van der Waals surface area contributed by atoms with Crippen molar-refractivity contribution in [3.05, 3.63) is 0 Å². The molecule has 98 valence electrons. The third-order valence-corrected chi connectivity index (χ3v) is 2.65. The Morgan fingerprint density at radius 3 is 1.69 bits per heavy atom. The second-order valence-electron chi connectivity index (χ2n) is 3.63. The van der Waals surface area contributed by atoms with Gasteiger partial charge in [0.15, 0.2) is 0 Å². The zero-order valence-corrected chi connectivity index (χ0v) is 11.8. The van der Waals surface area contributed by atoms with Crippen LogP contribution in [0.5, 0.6) is 0 Å². The number of aliphatic hydroxyl groups is 1. The number of carbonyl (C=O) groups is 1. The number of rotatable bonds is 9. The van der Waals surface area contributed by atoms with Gasteiger partial charge < -0.3 is 10.2 Å². The smallest absolute Gasteiger partial charge is 0.303 e. The average molecular weight is 297 g/mol. The summed E-state index contributed by atoms with van der Waals surface area (Å²) >= 11 is 3.41. The predicted molar refractivity (Wildman–Crippen MR) is 71.1 cm³/mol. The van der Waals surface area contributed by atoms with Crippen LogP contribution in [0.1, 0.15) is 58.3 Å². The van der Waals surface area contributed by atoms with Crippen molar-refractivity contribution < 1.29 is 15.0 Å². The Balaban J connectivity index is 0. The second kappa shape index (κ2) is 17.3. The standard InChI is InChI=1S/C9H19BrO.C3H6O2/c10-8-6-4-2-1-3-5-7-9-11;1-2-3(4)5/h11H,1-9H2;2H2,1H3,(H,4,5). The SMILES string of the molecule is CCC(=O)O.OCCCCCCCCCBr. The second-order valence-corrected chi connectivity index (χ2v) is 4.43. The normalized spacial score (nSPS) is 9.44. The van der Waals surface area contributed by atoms with Gasteiger partial charge in [-0.2, -0.15) is 0 Å². The van der Waals surface area contributed by atoms with Crippen LogP contribution in [-0.2, 0) is 4.79 Å². The van der Waals surface area contributed by atoms with Crippen LogP contribution in [0.2, 0.25) is 0 Å². The molecule has 0 aliphatic rings. The van der Waals surface area contributed by atoms with Crippen molar-refractivity contribution in [2.45, 2.75) is 58.3 Å². The molecule has 0 aromatic rings. The number of halogens is 1. The van der Waals surface area contributed by atoms with Crippen LogP contribution in [0.15, 0.2) is 0 Å². The highest BCUT2D eigenvalue weighted by molar-refractivity contribution is 9.09. The molecule has 0 radical (unpaired) electrons. The fraction of sp³-hybridized carbons (Fsp3) is 0.917. The summed E-state index contributed by atoms with van der Waals surface area (Å²) in [5, 5.41) is 17.4. The third kappa shape index (κ3) is 23.6. The summed E-state index contributed by atoms with van der Waals surface area (Å²) in [5.41, 5.74) is 0. The van der Waals surface area contributed by atoms with Gasteiger partial charge in [0.2, 0.25) is 0 Å². The van der Waals surface area contributed by atoms with E-state index in [1.165, 1.54) is 38.5 Å². The van der Waals surface area contributed by atoms with Crippen molar-refractivity contribution in [3.63, 3.8) is 0 Å². The van der Waals surface area contributed by atoms with E-state index in [2.05, 4.69) is 15.9 Å². The van der Waals surface area contributed by atoms with E-state index in [0.29, 0.717) is 6.61 Å². The topological polar surface area (TPSA) is 57.5 Å². The lowest BCUT2D eigenvalue weighted by Crippen LogP contribution is -1.86. The fourth-order valence-corrected chi connectivity index (χ4v) is 1.49. The summed E-state index contributed by atoms with van der Waals surface area (Å²) in [5.74, 6) is -0.745. The average Bonchev–Trinajstić information content (AvgIpc) is 2.29. The van der Waals surface area contributed by atoms with Crippen LogP contribution in [0.4, 0.5) is 0 Å². The summed E-state index contributed by atoms with van der Waals surface area (Å²) in [6.07, 6.45) is 9.06. The summed E-state index contributed by atoms with van der Waals surface area (Å²) in [4.78, 5) is 9.37. The maximum absolute atomic E-state index is 9.37. The van der Waals surface area contributed by atoms with Crippen molar-refractivity contribution in [1.29, 1.82) is 0 Å². The predicted octanol–water partition coefficient (Wildman–Crippen LogP) is 3.59. The van der Waals surface area contributed by atoms with E-state index in [4.69, 9.17) is 10.2 Å². The van der Waals surface area contributed by atoms with Gasteiger partial charge in [0, 0.05) is 18.4 Å². The Morgan fingerprint density at radius 1 is 1.00 bits per heavy atom. The minimum Gasteiger partial charge on any atom is -0.481 e. The van der Waals surface area contributed by atoms with E-state index >= 15 is 0 Å². The molecule has 0 spiro atoms. The molecule has 0 aliphatic heterocycles. The molecule has 0 heterocycles. The van der Waals surface area contributed by atoms with E-state index < -0.39 is 5.97 Å². The minimum atomic E-state index is -0.745. The molecular weight excluding hydrogens is 272 g/mol. The molecular formula is C12H25BrO3. The fourth-order valence-electron chi connectivity index (χ4n) is 1.09. The van der Waals surface area contributed by atoms with E-state index in [1.807, 2.05) is 0 Å². The summed E-state index contributed by atoms with van der Waals surface area (Å²) in [6, 6.07) is 0. The van der Waals surface area contributed by atoms with Gasteiger partial charge in [0.1, 0.15) is 0 Å². The van der Waals surface area contributed by atoms with Gasteiger partial charge in [-0.25, -0.2) is 0 Å². The monoisotopic (exact) mass is 296 g/mol. The zero-order valence-electron chi connectivity index (χ0n) is 10.3. The molecule has 16 heavy (non-hydrogen) atoms. The molecule has 0 bridgehead atoms. The molecule has 0 aliphatic carbocycles. The lowest BCUT2D eigenvalue weighted by atomic mass is 10.1. The Morgan fingerprint density at radius 2 is 1.38 bits per heavy atom. The molecule has 0 amide bonds. The molecule has 3 nitrogen and oxygen atoms in total. The van der Waals surface area contributed by atoms with Gasteiger partial charge in [-0.1, -0.05) is 55.0 Å². The molecule has 0 fully saturated rings. The van der Waals surface area contributed by atoms with Crippen molar-refractivity contribution >= 4 is 21.9 Å². The lowest BCUT2D eigenvalue weighted by Gasteiger charge is -1.98. The summed E-state index contributed by atoms with van der Waals surface area (Å²) < 4.78 is 0. The van der Waals surface area contributed by atoms with Gasteiger partial charge >= 0.3 is 5.97 Å². The minimum absolute atomic E-state index is 0.222. The lowest BCUT2D eigenvalue weighted by molar-refractivity contribution is -0.136. The molecule has 0 atom stereocenters. The van der Waals surface area contributed by atoms with Gasteiger partial charge in [0.25, 0.3) is 0 Å². The van der Waals surface area contributed by atoms with Gasteiger partial charge in [-0.05, 0) is 12.8 Å². The number of unbranched alkanes of at least 4 members (excludes halogenated alkanes) is 6. The number of aliphatic hydroxyl groups excluding tert-OH is 1. The zero-order chi connectivity index (χ0) is 12.6. The van der Waals surface area contributed by atoms with Crippen LogP contribution in [0, 0.1) is 0 Å². The van der Waals surface area contributed by atoms with Crippen molar-refractivity contribution in [2.75, 3.05) is 11.9 Å². The van der Waals surface area contributed by atoms with Crippen LogP contribution in [-0.4, -0.2) is 28.1 Å². The van der Waals surface area contributed by atoms with E-state index in [0.717, 1.165) is 11.8 Å². The first-order valence-electron chi connectivity index (χ1n) is 6.07. The largest absolute Gasteiger partial charge is 0.481 e. The van der Waals surface area contributed by atoms with Crippen LogP contribution >= 0.6 is 15.9 Å². The molecule has 2 N–H and O–H groups in total. The number of carboxylic acids is 1. The first-order chi connectivity index (χ1) is 7.68. The number of carboxylic acid groups (broad SMARTS) is 1. The van der Waals surface area contributed by atoms with Crippen LogP contribution in [0.25, 0.3) is 0 Å². The number of hydrogen-bond acceptors (Lipinski definition) is 2. The Bertz CT molecular complexity index is 132. The molecule has 0 rings (SSSR count).